The molecule has 1 fully saturated rings. The number of nitrogens with zero attached hydrogens (tertiary/aromatic N) is 2. The SMILES string of the molecule is COc1cccc(OCC(=O)N2CCC(Oc3ccc(Br)cn3)C2)c1. The van der Waals surface area contributed by atoms with Gasteiger partial charge in [-0.15, -0.1) is 0 Å². The number of benzene rings is 1. The monoisotopic (exact) mass is 406 g/mol. The number of likely N-dealkylation sites (tertiary alicyclic amines) is 1. The second-order valence-electron chi connectivity index (χ2n) is 5.65. The fourth-order valence-corrected chi connectivity index (χ4v) is 2.82. The molecule has 2 heterocycles. The van der Waals surface area contributed by atoms with E-state index in [1.807, 2.05) is 18.2 Å². The van der Waals surface area contributed by atoms with Crippen molar-refractivity contribution in [2.75, 3.05) is 26.8 Å². The van der Waals surface area contributed by atoms with Crippen LogP contribution in [0.15, 0.2) is 47.1 Å². The van der Waals surface area contributed by atoms with E-state index in [1.54, 1.807) is 36.4 Å². The third-order valence-electron chi connectivity index (χ3n) is 3.89. The van der Waals surface area contributed by atoms with Gasteiger partial charge >= 0.3 is 0 Å². The lowest BCUT2D eigenvalue weighted by Gasteiger charge is -2.17. The van der Waals surface area contributed by atoms with Gasteiger partial charge in [-0.05, 0) is 34.1 Å². The molecule has 1 aromatic heterocycles. The molecule has 1 amide bonds. The summed E-state index contributed by atoms with van der Waals surface area (Å²) in [5, 5.41) is 0. The Labute approximate surface area is 154 Å². The molecule has 25 heavy (non-hydrogen) atoms. The maximum Gasteiger partial charge on any atom is 0.260 e. The quantitative estimate of drug-likeness (QED) is 0.737. The van der Waals surface area contributed by atoms with Gasteiger partial charge < -0.3 is 19.1 Å². The lowest BCUT2D eigenvalue weighted by molar-refractivity contribution is -0.132. The van der Waals surface area contributed by atoms with Gasteiger partial charge in [0.05, 0.1) is 13.7 Å². The highest BCUT2D eigenvalue weighted by molar-refractivity contribution is 9.10. The Hall–Kier alpha value is -2.28. The van der Waals surface area contributed by atoms with Crippen LogP contribution in [0.2, 0.25) is 0 Å². The fraction of sp³-hybridized carbons (Fsp3) is 0.333. The molecule has 1 atom stereocenters. The molecule has 2 aromatic rings. The van der Waals surface area contributed by atoms with Crippen molar-refractivity contribution in [3.63, 3.8) is 0 Å². The molecule has 0 spiro atoms. The highest BCUT2D eigenvalue weighted by atomic mass is 79.9. The minimum Gasteiger partial charge on any atom is -0.497 e. The molecule has 1 saturated heterocycles. The first kappa shape index (κ1) is 17.5. The van der Waals surface area contributed by atoms with Gasteiger partial charge in [-0.3, -0.25) is 4.79 Å². The number of ether oxygens (including phenoxy) is 3. The van der Waals surface area contributed by atoms with E-state index in [4.69, 9.17) is 14.2 Å². The van der Waals surface area contributed by atoms with Gasteiger partial charge in [0.1, 0.15) is 17.6 Å². The molecule has 1 unspecified atom stereocenters. The van der Waals surface area contributed by atoms with Crippen LogP contribution in [0.4, 0.5) is 0 Å². The summed E-state index contributed by atoms with van der Waals surface area (Å²) in [6, 6.07) is 10.9. The molecule has 7 heteroatoms. The average molecular weight is 407 g/mol. The highest BCUT2D eigenvalue weighted by Crippen LogP contribution is 2.20. The normalized spacial score (nSPS) is 16.6. The zero-order valence-electron chi connectivity index (χ0n) is 13.9. The van der Waals surface area contributed by atoms with Crippen LogP contribution >= 0.6 is 15.9 Å². The lowest BCUT2D eigenvalue weighted by Crippen LogP contribution is -2.34. The van der Waals surface area contributed by atoms with E-state index in [1.165, 1.54) is 0 Å². The van der Waals surface area contributed by atoms with Crippen LogP contribution in [0, 0.1) is 0 Å². The Morgan fingerprint density at radius 3 is 2.92 bits per heavy atom. The van der Waals surface area contributed by atoms with Crippen LogP contribution < -0.4 is 14.2 Å². The van der Waals surface area contributed by atoms with Gasteiger partial charge in [0.25, 0.3) is 5.91 Å². The predicted molar refractivity (Wildman–Crippen MR) is 96.0 cm³/mol. The lowest BCUT2D eigenvalue weighted by atomic mass is 10.3. The minimum absolute atomic E-state index is 0.00355. The van der Waals surface area contributed by atoms with E-state index in [9.17, 15) is 4.79 Å². The number of halogens is 1. The van der Waals surface area contributed by atoms with Gasteiger partial charge in [0.15, 0.2) is 6.61 Å². The van der Waals surface area contributed by atoms with Crippen molar-refractivity contribution >= 4 is 21.8 Å². The molecule has 6 nitrogen and oxygen atoms in total. The first-order valence-corrected chi connectivity index (χ1v) is 8.76. The Morgan fingerprint density at radius 2 is 2.16 bits per heavy atom. The van der Waals surface area contributed by atoms with E-state index >= 15 is 0 Å². The number of amides is 1. The third-order valence-corrected chi connectivity index (χ3v) is 4.36. The predicted octanol–water partition coefficient (Wildman–Crippen LogP) is 2.91. The molecular formula is C18H19BrN2O4. The molecule has 1 aliphatic heterocycles. The Morgan fingerprint density at radius 1 is 1.32 bits per heavy atom. The zero-order valence-corrected chi connectivity index (χ0v) is 15.4. The number of hydrogen-bond donors (Lipinski definition) is 0. The van der Waals surface area contributed by atoms with Crippen LogP contribution in [0.1, 0.15) is 6.42 Å². The first-order chi connectivity index (χ1) is 12.1. The van der Waals surface area contributed by atoms with Crippen molar-refractivity contribution < 1.29 is 19.0 Å². The summed E-state index contributed by atoms with van der Waals surface area (Å²) < 4.78 is 17.4. The molecule has 0 bridgehead atoms. The standard InChI is InChI=1S/C18H19BrN2O4/c1-23-14-3-2-4-15(9-14)24-12-18(22)21-8-7-16(11-21)25-17-6-5-13(19)10-20-17/h2-6,9-10,16H,7-8,11-12H2,1H3. The summed E-state index contributed by atoms with van der Waals surface area (Å²) in [5.41, 5.74) is 0. The van der Waals surface area contributed by atoms with Crippen LogP contribution in [0.3, 0.4) is 0 Å². The highest BCUT2D eigenvalue weighted by Gasteiger charge is 2.28. The molecule has 0 saturated carbocycles. The van der Waals surface area contributed by atoms with E-state index < -0.39 is 0 Å². The maximum absolute atomic E-state index is 12.3. The van der Waals surface area contributed by atoms with Crippen molar-refractivity contribution in [2.24, 2.45) is 0 Å². The van der Waals surface area contributed by atoms with E-state index in [2.05, 4.69) is 20.9 Å². The van der Waals surface area contributed by atoms with Crippen LogP contribution in [0.25, 0.3) is 0 Å². The molecule has 1 aliphatic rings. The summed E-state index contributed by atoms with van der Waals surface area (Å²) in [5.74, 6) is 1.81. The van der Waals surface area contributed by atoms with E-state index in [-0.39, 0.29) is 18.6 Å². The van der Waals surface area contributed by atoms with Crippen molar-refractivity contribution in [3.05, 3.63) is 47.1 Å². The second kappa shape index (κ2) is 8.20. The van der Waals surface area contributed by atoms with Crippen molar-refractivity contribution in [1.29, 1.82) is 0 Å². The summed E-state index contributed by atoms with van der Waals surface area (Å²) in [4.78, 5) is 18.3. The van der Waals surface area contributed by atoms with Gasteiger partial charge in [-0.25, -0.2) is 4.98 Å². The number of pyridine rings is 1. The topological polar surface area (TPSA) is 60.9 Å². The summed E-state index contributed by atoms with van der Waals surface area (Å²) in [6.07, 6.45) is 2.42. The van der Waals surface area contributed by atoms with E-state index in [0.29, 0.717) is 30.5 Å². The Balaban J connectivity index is 1.47. The number of carbonyl (C=O) groups is 1. The first-order valence-electron chi connectivity index (χ1n) is 7.97. The largest absolute Gasteiger partial charge is 0.497 e. The second-order valence-corrected chi connectivity index (χ2v) is 6.57. The van der Waals surface area contributed by atoms with Gasteiger partial charge in [0.2, 0.25) is 5.88 Å². The average Bonchev–Trinajstić information content (AvgIpc) is 3.10. The molecule has 0 aliphatic carbocycles. The molecular weight excluding hydrogens is 388 g/mol. The number of hydrogen-bond acceptors (Lipinski definition) is 5. The minimum atomic E-state index is -0.0577. The zero-order chi connectivity index (χ0) is 17.6. The van der Waals surface area contributed by atoms with Crippen LogP contribution in [-0.2, 0) is 4.79 Å². The van der Waals surface area contributed by atoms with Gasteiger partial charge in [-0.2, -0.15) is 0 Å². The number of methoxy groups -OCH3 is 1. The summed E-state index contributed by atoms with van der Waals surface area (Å²) in [7, 11) is 1.59. The molecule has 132 valence electrons. The number of rotatable bonds is 6. The third kappa shape index (κ3) is 4.85. The van der Waals surface area contributed by atoms with Crippen molar-refractivity contribution in [2.45, 2.75) is 12.5 Å². The van der Waals surface area contributed by atoms with Crippen molar-refractivity contribution in [1.82, 2.24) is 9.88 Å². The summed E-state index contributed by atoms with van der Waals surface area (Å²) >= 11 is 3.34. The molecule has 0 radical (unpaired) electrons. The Kier molecular flexibility index (Phi) is 5.75. The van der Waals surface area contributed by atoms with Crippen LogP contribution in [-0.4, -0.2) is 48.7 Å². The van der Waals surface area contributed by atoms with E-state index in [0.717, 1.165) is 10.9 Å². The van der Waals surface area contributed by atoms with Gasteiger partial charge in [-0.1, -0.05) is 6.07 Å². The molecule has 0 N–H and O–H groups in total. The van der Waals surface area contributed by atoms with Crippen molar-refractivity contribution in [3.8, 4) is 17.4 Å². The fourth-order valence-electron chi connectivity index (χ4n) is 2.58. The molecule has 3 rings (SSSR count). The maximum atomic E-state index is 12.3. The van der Waals surface area contributed by atoms with Gasteiger partial charge in [0, 0.05) is 35.8 Å². The summed E-state index contributed by atoms with van der Waals surface area (Å²) in [6.45, 7) is 1.19. The van der Waals surface area contributed by atoms with Crippen LogP contribution in [0.5, 0.6) is 17.4 Å². The Bertz CT molecular complexity index is 723. The number of carbonyl (C=O) groups excluding carboxylic acids is 1. The number of aromatic nitrogens is 1. The smallest absolute Gasteiger partial charge is 0.260 e. The molecule has 1 aromatic carbocycles.